The standard InChI is InChI=1S/C12H16FN/c1-9-10(6-5-7-11(9)13)8-14-12(2,3)4/h5-8H,1-4H3/b14-8+. The fourth-order valence-corrected chi connectivity index (χ4v) is 1.03. The molecule has 0 spiro atoms. The molecule has 0 fully saturated rings. The molecular formula is C12H16FN. The molecule has 0 heterocycles. The highest BCUT2D eigenvalue weighted by Gasteiger charge is 2.06. The third-order valence-corrected chi connectivity index (χ3v) is 1.90. The molecular weight excluding hydrogens is 177 g/mol. The van der Waals surface area contributed by atoms with Gasteiger partial charge in [-0.2, -0.15) is 0 Å². The highest BCUT2D eigenvalue weighted by atomic mass is 19.1. The fourth-order valence-electron chi connectivity index (χ4n) is 1.03. The average molecular weight is 193 g/mol. The maximum absolute atomic E-state index is 13.1. The molecule has 0 aliphatic carbocycles. The van der Waals surface area contributed by atoms with E-state index in [1.54, 1.807) is 19.2 Å². The van der Waals surface area contributed by atoms with Crippen molar-refractivity contribution in [1.29, 1.82) is 0 Å². The van der Waals surface area contributed by atoms with Crippen molar-refractivity contribution in [2.45, 2.75) is 33.2 Å². The Bertz CT molecular complexity index is 348. The highest BCUT2D eigenvalue weighted by Crippen LogP contribution is 2.12. The van der Waals surface area contributed by atoms with E-state index in [1.807, 2.05) is 26.8 Å². The zero-order valence-corrected chi connectivity index (χ0v) is 9.13. The van der Waals surface area contributed by atoms with Crippen molar-refractivity contribution < 1.29 is 4.39 Å². The first kappa shape index (κ1) is 10.9. The molecule has 0 amide bonds. The Kier molecular flexibility index (Phi) is 3.04. The zero-order valence-electron chi connectivity index (χ0n) is 9.13. The Labute approximate surface area is 84.7 Å². The first-order valence-electron chi connectivity index (χ1n) is 4.70. The predicted molar refractivity (Wildman–Crippen MR) is 58.5 cm³/mol. The zero-order chi connectivity index (χ0) is 10.8. The third-order valence-electron chi connectivity index (χ3n) is 1.90. The Morgan fingerprint density at radius 1 is 1.29 bits per heavy atom. The van der Waals surface area contributed by atoms with Crippen molar-refractivity contribution in [1.82, 2.24) is 0 Å². The van der Waals surface area contributed by atoms with Crippen LogP contribution in [-0.2, 0) is 0 Å². The topological polar surface area (TPSA) is 12.4 Å². The quantitative estimate of drug-likeness (QED) is 0.606. The summed E-state index contributed by atoms with van der Waals surface area (Å²) in [6.45, 7) is 7.80. The van der Waals surface area contributed by atoms with Crippen LogP contribution >= 0.6 is 0 Å². The lowest BCUT2D eigenvalue weighted by Crippen LogP contribution is -2.10. The van der Waals surface area contributed by atoms with Crippen LogP contribution in [0.15, 0.2) is 23.2 Å². The molecule has 0 N–H and O–H groups in total. The minimum atomic E-state index is -0.178. The van der Waals surface area contributed by atoms with E-state index in [-0.39, 0.29) is 11.4 Å². The van der Waals surface area contributed by atoms with Gasteiger partial charge in [0.15, 0.2) is 0 Å². The molecule has 1 nitrogen and oxygen atoms in total. The van der Waals surface area contributed by atoms with Crippen molar-refractivity contribution in [2.75, 3.05) is 0 Å². The molecule has 0 bridgehead atoms. The van der Waals surface area contributed by atoms with Gasteiger partial charge in [0.1, 0.15) is 5.82 Å². The molecule has 0 aliphatic heterocycles. The van der Waals surface area contributed by atoms with Crippen molar-refractivity contribution in [2.24, 2.45) is 4.99 Å². The average Bonchev–Trinajstić information content (AvgIpc) is 2.06. The second-order valence-electron chi connectivity index (χ2n) is 4.38. The molecule has 0 saturated heterocycles. The van der Waals surface area contributed by atoms with Crippen molar-refractivity contribution >= 4 is 6.21 Å². The summed E-state index contributed by atoms with van der Waals surface area (Å²) >= 11 is 0. The normalized spacial score (nSPS) is 12.4. The van der Waals surface area contributed by atoms with Gasteiger partial charge in [0.2, 0.25) is 0 Å². The van der Waals surface area contributed by atoms with E-state index in [4.69, 9.17) is 0 Å². The molecule has 0 unspecified atom stereocenters. The van der Waals surface area contributed by atoms with Crippen molar-refractivity contribution in [3.8, 4) is 0 Å². The summed E-state index contributed by atoms with van der Waals surface area (Å²) in [5.74, 6) is -0.178. The van der Waals surface area contributed by atoms with Gasteiger partial charge in [-0.15, -0.1) is 0 Å². The van der Waals surface area contributed by atoms with E-state index < -0.39 is 0 Å². The molecule has 1 aromatic carbocycles. The van der Waals surface area contributed by atoms with Crippen LogP contribution < -0.4 is 0 Å². The Hall–Kier alpha value is -1.18. The molecule has 14 heavy (non-hydrogen) atoms. The van der Waals surface area contributed by atoms with Gasteiger partial charge in [-0.1, -0.05) is 12.1 Å². The monoisotopic (exact) mass is 193 g/mol. The number of hydrogen-bond donors (Lipinski definition) is 0. The first-order chi connectivity index (χ1) is 6.40. The maximum atomic E-state index is 13.1. The number of benzene rings is 1. The molecule has 0 saturated carbocycles. The SMILES string of the molecule is Cc1c(F)cccc1/C=N/C(C)(C)C. The summed E-state index contributed by atoms with van der Waals surface area (Å²) in [7, 11) is 0. The minimum Gasteiger partial charge on any atom is -0.287 e. The van der Waals surface area contributed by atoms with Crippen LogP contribution in [-0.4, -0.2) is 11.8 Å². The predicted octanol–water partition coefficient (Wildman–Crippen LogP) is 3.35. The van der Waals surface area contributed by atoms with E-state index in [1.165, 1.54) is 6.07 Å². The summed E-state index contributed by atoms with van der Waals surface area (Å²) < 4.78 is 13.1. The third kappa shape index (κ3) is 2.95. The van der Waals surface area contributed by atoms with Gasteiger partial charge < -0.3 is 0 Å². The second kappa shape index (κ2) is 3.91. The summed E-state index contributed by atoms with van der Waals surface area (Å²) in [6.07, 6.45) is 1.73. The van der Waals surface area contributed by atoms with Crippen molar-refractivity contribution in [3.05, 3.63) is 35.1 Å². The summed E-state index contributed by atoms with van der Waals surface area (Å²) in [6, 6.07) is 5.03. The van der Waals surface area contributed by atoms with E-state index in [0.717, 1.165) is 5.56 Å². The molecule has 0 radical (unpaired) electrons. The number of hydrogen-bond acceptors (Lipinski definition) is 1. The molecule has 0 atom stereocenters. The second-order valence-corrected chi connectivity index (χ2v) is 4.38. The molecule has 2 heteroatoms. The van der Waals surface area contributed by atoms with Crippen LogP contribution in [0.4, 0.5) is 4.39 Å². The van der Waals surface area contributed by atoms with Gasteiger partial charge in [-0.25, -0.2) is 4.39 Å². The molecule has 1 aromatic rings. The lowest BCUT2D eigenvalue weighted by Gasteiger charge is -2.11. The van der Waals surface area contributed by atoms with Crippen LogP contribution in [0, 0.1) is 12.7 Å². The summed E-state index contributed by atoms with van der Waals surface area (Å²) in [5.41, 5.74) is 1.39. The lowest BCUT2D eigenvalue weighted by molar-refractivity contribution is 0.586. The molecule has 76 valence electrons. The minimum absolute atomic E-state index is 0.112. The Balaban J connectivity index is 2.98. The lowest BCUT2D eigenvalue weighted by atomic mass is 10.1. The largest absolute Gasteiger partial charge is 0.287 e. The van der Waals surface area contributed by atoms with Gasteiger partial charge in [0.05, 0.1) is 5.54 Å². The van der Waals surface area contributed by atoms with Gasteiger partial charge in [-0.3, -0.25) is 4.99 Å². The van der Waals surface area contributed by atoms with Gasteiger partial charge in [0.25, 0.3) is 0 Å². The first-order valence-corrected chi connectivity index (χ1v) is 4.70. The number of nitrogens with zero attached hydrogens (tertiary/aromatic N) is 1. The van der Waals surface area contributed by atoms with Crippen LogP contribution in [0.1, 0.15) is 31.9 Å². The Morgan fingerprint density at radius 3 is 2.50 bits per heavy atom. The molecule has 0 aliphatic rings. The summed E-state index contributed by atoms with van der Waals surface area (Å²) in [5, 5.41) is 0. The summed E-state index contributed by atoms with van der Waals surface area (Å²) in [4.78, 5) is 4.34. The molecule has 0 aromatic heterocycles. The fraction of sp³-hybridized carbons (Fsp3) is 0.417. The number of aliphatic imine (C=N–C) groups is 1. The number of halogens is 1. The Morgan fingerprint density at radius 2 is 1.93 bits per heavy atom. The van der Waals surface area contributed by atoms with Crippen LogP contribution in [0.25, 0.3) is 0 Å². The van der Waals surface area contributed by atoms with Crippen molar-refractivity contribution in [3.63, 3.8) is 0 Å². The van der Waals surface area contributed by atoms with Crippen LogP contribution in [0.2, 0.25) is 0 Å². The van der Waals surface area contributed by atoms with Gasteiger partial charge in [-0.05, 0) is 44.9 Å². The highest BCUT2D eigenvalue weighted by molar-refractivity contribution is 5.81. The smallest absolute Gasteiger partial charge is 0.126 e. The van der Waals surface area contributed by atoms with E-state index >= 15 is 0 Å². The van der Waals surface area contributed by atoms with E-state index in [9.17, 15) is 4.39 Å². The van der Waals surface area contributed by atoms with Gasteiger partial charge in [0, 0.05) is 6.21 Å². The van der Waals surface area contributed by atoms with Crippen LogP contribution in [0.3, 0.4) is 0 Å². The van der Waals surface area contributed by atoms with Gasteiger partial charge >= 0.3 is 0 Å². The number of rotatable bonds is 1. The maximum Gasteiger partial charge on any atom is 0.126 e. The van der Waals surface area contributed by atoms with Crippen LogP contribution in [0.5, 0.6) is 0 Å². The molecule has 1 rings (SSSR count). The van der Waals surface area contributed by atoms with E-state index in [2.05, 4.69) is 4.99 Å². The van der Waals surface area contributed by atoms with E-state index in [0.29, 0.717) is 5.56 Å².